The van der Waals surface area contributed by atoms with Gasteiger partial charge < -0.3 is 0 Å². The van der Waals surface area contributed by atoms with Gasteiger partial charge in [-0.2, -0.15) is 5.26 Å². The predicted molar refractivity (Wildman–Crippen MR) is 29.6 cm³/mol. The van der Waals surface area contributed by atoms with E-state index in [0.717, 1.165) is 0 Å². The second-order valence-corrected chi connectivity index (χ2v) is 1.20. The van der Waals surface area contributed by atoms with E-state index in [1.165, 1.54) is 0 Å². The zero-order valence-corrected chi connectivity index (χ0v) is 4.31. The van der Waals surface area contributed by atoms with Crippen molar-refractivity contribution >= 4 is 0 Å². The molecule has 0 amide bonds. The first kappa shape index (κ1) is 5.97. The molecule has 0 aliphatic rings. The normalized spacial score (nSPS) is 10.0. The molecule has 0 aromatic rings. The number of hydrogen-bond donors (Lipinski definition) is 0. The first-order valence-corrected chi connectivity index (χ1v) is 2.00. The van der Waals surface area contributed by atoms with Crippen molar-refractivity contribution in [3.63, 3.8) is 0 Å². The molecule has 0 fully saturated rings. The molecule has 1 nitrogen and oxygen atoms in total. The highest BCUT2D eigenvalue weighted by Gasteiger charge is 1.73. The predicted octanol–water partition coefficient (Wildman–Crippen LogP) is 1.64. The summed E-state index contributed by atoms with van der Waals surface area (Å²) in [6.07, 6.45) is 3.26. The first-order valence-electron chi connectivity index (χ1n) is 2.00. The van der Waals surface area contributed by atoms with Crippen molar-refractivity contribution in [1.29, 1.82) is 5.26 Å². The van der Waals surface area contributed by atoms with Crippen molar-refractivity contribution in [1.82, 2.24) is 0 Å². The molecule has 0 radical (unpaired) electrons. The summed E-state index contributed by atoms with van der Waals surface area (Å²) in [5.74, 6) is 0. The minimum atomic E-state index is 0.690. The minimum absolute atomic E-state index is 0.690. The van der Waals surface area contributed by atoms with E-state index in [1.54, 1.807) is 19.1 Å². The fraction of sp³-hybridized carbons (Fsp3) is 0.167. The number of hydrogen-bond acceptors (Lipinski definition) is 1. The maximum absolute atomic E-state index is 8.10. The molecule has 0 bridgehead atoms. The average molecular weight is 93.1 g/mol. The molecule has 36 valence electrons. The Bertz CT molecular complexity index is 126. The van der Waals surface area contributed by atoms with E-state index in [0.29, 0.717) is 5.57 Å². The fourth-order valence-electron chi connectivity index (χ4n) is 0.214. The van der Waals surface area contributed by atoms with Gasteiger partial charge in [-0.25, -0.2) is 0 Å². The lowest BCUT2D eigenvalue weighted by Gasteiger charge is -1.72. The zero-order chi connectivity index (χ0) is 5.70. The third kappa shape index (κ3) is 2.78. The van der Waals surface area contributed by atoms with Crippen molar-refractivity contribution in [2.75, 3.05) is 0 Å². The quantitative estimate of drug-likeness (QED) is 0.357. The maximum Gasteiger partial charge on any atom is 0.0944 e. The molecule has 0 aromatic heterocycles. The van der Waals surface area contributed by atoms with Crippen LogP contribution in [0.25, 0.3) is 0 Å². The summed E-state index contributed by atoms with van der Waals surface area (Å²) in [5.41, 5.74) is 0.690. The van der Waals surface area contributed by atoms with Gasteiger partial charge >= 0.3 is 0 Å². The summed E-state index contributed by atoms with van der Waals surface area (Å²) in [5, 5.41) is 8.10. The van der Waals surface area contributed by atoms with Gasteiger partial charge in [-0.15, -0.1) is 0 Å². The second-order valence-electron chi connectivity index (χ2n) is 1.20. The maximum atomic E-state index is 8.10. The summed E-state index contributed by atoms with van der Waals surface area (Å²) in [4.78, 5) is 0. The third-order valence-corrected chi connectivity index (χ3v) is 0.544. The van der Waals surface area contributed by atoms with Crippen molar-refractivity contribution in [2.45, 2.75) is 6.92 Å². The molecule has 7 heavy (non-hydrogen) atoms. The topological polar surface area (TPSA) is 23.8 Å². The molecular weight excluding hydrogens is 86.1 g/mol. The highest BCUT2D eigenvalue weighted by Crippen LogP contribution is 1.85. The smallest absolute Gasteiger partial charge is 0.0944 e. The largest absolute Gasteiger partial charge is 0.193 e. The molecule has 0 aliphatic carbocycles. The number of rotatable bonds is 1. The first-order chi connectivity index (χ1) is 3.31. The van der Waals surface area contributed by atoms with Gasteiger partial charge in [-0.3, -0.25) is 0 Å². The Kier molecular flexibility index (Phi) is 2.70. The molecule has 0 aromatic carbocycles. The van der Waals surface area contributed by atoms with Crippen LogP contribution in [-0.4, -0.2) is 0 Å². The van der Waals surface area contributed by atoms with E-state index in [1.807, 2.05) is 6.07 Å². The zero-order valence-electron chi connectivity index (χ0n) is 4.31. The van der Waals surface area contributed by atoms with Crippen LogP contribution >= 0.6 is 0 Å². The summed E-state index contributed by atoms with van der Waals surface area (Å²) < 4.78 is 0. The van der Waals surface area contributed by atoms with E-state index in [-0.39, 0.29) is 0 Å². The molecule has 0 rings (SSSR count). The highest BCUT2D eigenvalue weighted by atomic mass is 14.2. The summed E-state index contributed by atoms with van der Waals surface area (Å²) in [7, 11) is 0. The molecule has 0 heterocycles. The van der Waals surface area contributed by atoms with Crippen molar-refractivity contribution < 1.29 is 0 Å². The van der Waals surface area contributed by atoms with Gasteiger partial charge in [0.25, 0.3) is 0 Å². The van der Waals surface area contributed by atoms with Crippen LogP contribution in [0.1, 0.15) is 6.92 Å². The van der Waals surface area contributed by atoms with Gasteiger partial charge in [0, 0.05) is 5.57 Å². The summed E-state index contributed by atoms with van der Waals surface area (Å²) in [6.45, 7) is 5.16. The Labute approximate surface area is 43.6 Å². The van der Waals surface area contributed by atoms with Crippen LogP contribution in [-0.2, 0) is 0 Å². The molecule has 0 aliphatic heterocycles. The number of nitriles is 1. The molecule has 0 saturated carbocycles. The van der Waals surface area contributed by atoms with Gasteiger partial charge in [0.15, 0.2) is 0 Å². The molecule has 0 unspecified atom stereocenters. The van der Waals surface area contributed by atoms with Crippen molar-refractivity contribution in [3.8, 4) is 6.07 Å². The standard InChI is InChI=1S/C6H7N/c1-3-4-6(2)5-7/h3-4H,1H2,2H3. The number of nitrogens with zero attached hydrogens (tertiary/aromatic N) is 1. The Hall–Kier alpha value is -1.03. The average Bonchev–Trinajstić information content (AvgIpc) is 1.68. The van der Waals surface area contributed by atoms with E-state index in [2.05, 4.69) is 6.58 Å². The van der Waals surface area contributed by atoms with E-state index in [4.69, 9.17) is 5.26 Å². The van der Waals surface area contributed by atoms with Gasteiger partial charge in [-0.05, 0) is 13.0 Å². The van der Waals surface area contributed by atoms with Crippen LogP contribution in [0.5, 0.6) is 0 Å². The van der Waals surface area contributed by atoms with E-state index < -0.39 is 0 Å². The minimum Gasteiger partial charge on any atom is -0.193 e. The Balaban J connectivity index is 3.80. The Morgan fingerprint density at radius 2 is 2.43 bits per heavy atom. The van der Waals surface area contributed by atoms with Crippen LogP contribution < -0.4 is 0 Å². The highest BCUT2D eigenvalue weighted by molar-refractivity contribution is 5.21. The summed E-state index contributed by atoms with van der Waals surface area (Å²) >= 11 is 0. The molecule has 0 N–H and O–H groups in total. The van der Waals surface area contributed by atoms with Crippen LogP contribution in [0, 0.1) is 11.3 Å². The Morgan fingerprint density at radius 1 is 1.86 bits per heavy atom. The molecule has 0 atom stereocenters. The van der Waals surface area contributed by atoms with Gasteiger partial charge in [0.1, 0.15) is 0 Å². The number of allylic oxidation sites excluding steroid dienone is 3. The van der Waals surface area contributed by atoms with Crippen molar-refractivity contribution in [2.24, 2.45) is 0 Å². The molecule has 1 heteroatoms. The molecule has 0 spiro atoms. The lowest BCUT2D eigenvalue weighted by Crippen LogP contribution is -1.60. The van der Waals surface area contributed by atoms with E-state index >= 15 is 0 Å². The van der Waals surface area contributed by atoms with Crippen LogP contribution in [0.2, 0.25) is 0 Å². The lowest BCUT2D eigenvalue weighted by atomic mass is 10.3. The van der Waals surface area contributed by atoms with Gasteiger partial charge in [-0.1, -0.05) is 12.7 Å². The van der Waals surface area contributed by atoms with Crippen LogP contribution in [0.4, 0.5) is 0 Å². The molecule has 0 saturated heterocycles. The fourth-order valence-corrected chi connectivity index (χ4v) is 0.214. The van der Waals surface area contributed by atoms with Crippen LogP contribution in [0.3, 0.4) is 0 Å². The Morgan fingerprint density at radius 3 is 2.57 bits per heavy atom. The van der Waals surface area contributed by atoms with Gasteiger partial charge in [0.2, 0.25) is 0 Å². The van der Waals surface area contributed by atoms with E-state index in [9.17, 15) is 0 Å². The summed E-state index contributed by atoms with van der Waals surface area (Å²) in [6, 6.07) is 1.96. The van der Waals surface area contributed by atoms with Gasteiger partial charge in [0.05, 0.1) is 6.07 Å². The SMILES string of the molecule is C=CC=C(C)C#N. The lowest BCUT2D eigenvalue weighted by molar-refractivity contribution is 1.44. The van der Waals surface area contributed by atoms with Crippen LogP contribution in [0.15, 0.2) is 24.3 Å². The van der Waals surface area contributed by atoms with Crippen molar-refractivity contribution in [3.05, 3.63) is 24.3 Å². The third-order valence-electron chi connectivity index (χ3n) is 0.544. The monoisotopic (exact) mass is 93.1 g/mol. The molecular formula is C6H7N. The second kappa shape index (κ2) is 3.17.